The van der Waals surface area contributed by atoms with Crippen LogP contribution in [0.1, 0.15) is 109 Å². The summed E-state index contributed by atoms with van der Waals surface area (Å²) in [6.07, 6.45) is 11.3. The first-order chi connectivity index (χ1) is 16.7. The first-order valence-corrected chi connectivity index (χ1v) is 14.8. The number of aliphatic carboxylic acids is 1. The van der Waals surface area contributed by atoms with Gasteiger partial charge in [-0.3, -0.25) is 9.35 Å². The zero-order valence-electron chi connectivity index (χ0n) is 22.9. The van der Waals surface area contributed by atoms with Crippen LogP contribution in [0.3, 0.4) is 0 Å². The summed E-state index contributed by atoms with van der Waals surface area (Å²) in [5.74, 6) is 1.33. The number of carbonyl (C=O) groups is 1. The van der Waals surface area contributed by atoms with E-state index >= 15 is 0 Å². The van der Waals surface area contributed by atoms with Crippen molar-refractivity contribution in [1.82, 2.24) is 0 Å². The molecule has 1 aromatic carbocycles. The smallest absolute Gasteiger partial charge is 0.446 e. The van der Waals surface area contributed by atoms with Gasteiger partial charge in [-0.15, -0.1) is 0 Å². The van der Waals surface area contributed by atoms with Gasteiger partial charge in [0.2, 0.25) is 0 Å². The predicted molar refractivity (Wildman–Crippen MR) is 142 cm³/mol. The average Bonchev–Trinajstić information content (AvgIpc) is 2.78. The third-order valence-electron chi connectivity index (χ3n) is 7.90. The highest BCUT2D eigenvalue weighted by Crippen LogP contribution is 2.42. The van der Waals surface area contributed by atoms with Gasteiger partial charge in [-0.05, 0) is 87.5 Å². The molecule has 0 saturated carbocycles. The Morgan fingerprint density at radius 1 is 1.03 bits per heavy atom. The lowest BCUT2D eigenvalue weighted by molar-refractivity contribution is -0.141. The van der Waals surface area contributed by atoms with Crippen LogP contribution in [0.5, 0.6) is 11.5 Å². The van der Waals surface area contributed by atoms with Crippen LogP contribution in [-0.4, -0.2) is 29.6 Å². The van der Waals surface area contributed by atoms with Gasteiger partial charge in [0, 0.05) is 0 Å². The van der Waals surface area contributed by atoms with Crippen molar-refractivity contribution in [2.45, 2.75) is 118 Å². The minimum Gasteiger partial charge on any atom is -0.487 e. The van der Waals surface area contributed by atoms with Crippen LogP contribution in [0.15, 0.2) is 6.07 Å². The number of carboxylic acids is 1. The summed E-state index contributed by atoms with van der Waals surface area (Å²) in [6, 6.07) is 1.67. The van der Waals surface area contributed by atoms with E-state index in [2.05, 4.69) is 20.8 Å². The van der Waals surface area contributed by atoms with E-state index in [4.69, 9.17) is 18.6 Å². The molecule has 1 aromatic rings. The molecule has 36 heavy (non-hydrogen) atoms. The molecule has 206 valence electrons. The van der Waals surface area contributed by atoms with Gasteiger partial charge in [-0.1, -0.05) is 59.3 Å². The maximum Gasteiger partial charge on any atom is 0.446 e. The minimum absolute atomic E-state index is 0.152. The van der Waals surface area contributed by atoms with E-state index in [0.29, 0.717) is 17.4 Å². The summed E-state index contributed by atoms with van der Waals surface area (Å²) in [5, 5.41) is 9.00. The van der Waals surface area contributed by atoms with Crippen molar-refractivity contribution in [3.63, 3.8) is 0 Å². The highest BCUT2D eigenvalue weighted by atomic mass is 32.3. The summed E-state index contributed by atoms with van der Waals surface area (Å²) >= 11 is 0. The third kappa shape index (κ3) is 9.58. The fraction of sp³-hybridized carbons (Fsp3) is 0.750. The lowest BCUT2D eigenvalue weighted by atomic mass is 9.85. The van der Waals surface area contributed by atoms with E-state index in [1.54, 1.807) is 19.9 Å². The Hall–Kier alpha value is -1.80. The van der Waals surface area contributed by atoms with Crippen molar-refractivity contribution >= 4 is 16.4 Å². The van der Waals surface area contributed by atoms with E-state index < -0.39 is 16.4 Å². The number of unbranched alkanes of at least 4 members (excludes halogenated alkanes) is 1. The fourth-order valence-corrected chi connectivity index (χ4v) is 5.47. The number of fused-ring (bicyclic) bond motifs is 1. The number of aryl methyl sites for hydroxylation is 1. The van der Waals surface area contributed by atoms with Crippen molar-refractivity contribution < 1.29 is 31.8 Å². The van der Waals surface area contributed by atoms with E-state index in [-0.39, 0.29) is 17.3 Å². The standard InChI is InChI=1S/C28H46O7S/c1-19(13-14-20(2)11-9-12-21(3)27(29)30)10-7-8-16-28(6)17-15-24-18-25(35-36(31,32)33)22(4)23(5)26(24)34-28/h18-21H,7-17H2,1-6H3,(H,29,30)(H,31,32,33). The molecule has 4 atom stereocenters. The molecule has 2 rings (SSSR count). The van der Waals surface area contributed by atoms with Gasteiger partial charge < -0.3 is 14.0 Å². The van der Waals surface area contributed by atoms with E-state index in [0.717, 1.165) is 68.2 Å². The zero-order valence-corrected chi connectivity index (χ0v) is 23.7. The Balaban J connectivity index is 1.75. The van der Waals surface area contributed by atoms with E-state index in [1.807, 2.05) is 6.92 Å². The molecule has 0 saturated heterocycles. The van der Waals surface area contributed by atoms with Crippen molar-refractivity contribution in [1.29, 1.82) is 0 Å². The maximum atomic E-state index is 11.2. The van der Waals surface area contributed by atoms with Gasteiger partial charge in [-0.2, -0.15) is 8.42 Å². The molecule has 0 spiro atoms. The number of rotatable bonds is 15. The number of benzene rings is 1. The van der Waals surface area contributed by atoms with Gasteiger partial charge in [0.15, 0.2) is 0 Å². The Morgan fingerprint density at radius 3 is 2.22 bits per heavy atom. The summed E-state index contributed by atoms with van der Waals surface area (Å²) in [7, 11) is -4.57. The third-order valence-corrected chi connectivity index (χ3v) is 8.29. The molecule has 1 aliphatic heterocycles. The van der Waals surface area contributed by atoms with Gasteiger partial charge in [-0.25, -0.2) is 0 Å². The summed E-state index contributed by atoms with van der Waals surface area (Å²) < 4.78 is 42.6. The summed E-state index contributed by atoms with van der Waals surface area (Å²) in [6.45, 7) is 12.2. The van der Waals surface area contributed by atoms with Crippen molar-refractivity contribution in [3.8, 4) is 11.5 Å². The second kappa shape index (κ2) is 13.1. The topological polar surface area (TPSA) is 110 Å². The summed E-state index contributed by atoms with van der Waals surface area (Å²) in [4.78, 5) is 10.9. The molecule has 0 bridgehead atoms. The second-order valence-corrected chi connectivity index (χ2v) is 12.4. The summed E-state index contributed by atoms with van der Waals surface area (Å²) in [5.41, 5.74) is 2.15. The number of hydrogen-bond acceptors (Lipinski definition) is 5. The Morgan fingerprint density at radius 2 is 1.64 bits per heavy atom. The highest BCUT2D eigenvalue weighted by molar-refractivity contribution is 7.81. The minimum atomic E-state index is -4.57. The van der Waals surface area contributed by atoms with Gasteiger partial charge >= 0.3 is 16.4 Å². The molecule has 1 heterocycles. The molecule has 0 amide bonds. The lowest BCUT2D eigenvalue weighted by Crippen LogP contribution is -2.36. The zero-order chi connectivity index (χ0) is 27.1. The molecule has 0 fully saturated rings. The fourth-order valence-electron chi connectivity index (χ4n) is 5.07. The maximum absolute atomic E-state index is 11.2. The Bertz CT molecular complexity index is 988. The van der Waals surface area contributed by atoms with Crippen LogP contribution >= 0.6 is 0 Å². The number of hydrogen-bond donors (Lipinski definition) is 2. The molecule has 0 radical (unpaired) electrons. The van der Waals surface area contributed by atoms with E-state index in [1.165, 1.54) is 19.3 Å². The van der Waals surface area contributed by atoms with Crippen molar-refractivity contribution in [3.05, 3.63) is 22.8 Å². The highest BCUT2D eigenvalue weighted by Gasteiger charge is 2.33. The molecule has 7 nitrogen and oxygen atoms in total. The average molecular weight is 527 g/mol. The molecule has 2 N–H and O–H groups in total. The molecule has 4 unspecified atom stereocenters. The van der Waals surface area contributed by atoms with E-state index in [9.17, 15) is 13.2 Å². The lowest BCUT2D eigenvalue weighted by Gasteiger charge is -2.37. The van der Waals surface area contributed by atoms with Crippen LogP contribution in [0, 0.1) is 31.6 Å². The van der Waals surface area contributed by atoms with Crippen molar-refractivity contribution in [2.24, 2.45) is 17.8 Å². The van der Waals surface area contributed by atoms with Gasteiger partial charge in [0.25, 0.3) is 0 Å². The first kappa shape index (κ1) is 30.4. The number of carboxylic acid groups (broad SMARTS) is 1. The van der Waals surface area contributed by atoms with Crippen LogP contribution in [0.25, 0.3) is 0 Å². The normalized spacial score (nSPS) is 20.2. The molecule has 0 aliphatic carbocycles. The predicted octanol–water partition coefficient (Wildman–Crippen LogP) is 7.07. The van der Waals surface area contributed by atoms with Gasteiger partial charge in [0.1, 0.15) is 17.1 Å². The van der Waals surface area contributed by atoms with Crippen LogP contribution in [0.2, 0.25) is 0 Å². The molecular weight excluding hydrogens is 480 g/mol. The Kier molecular flexibility index (Phi) is 11.1. The second-order valence-electron chi connectivity index (χ2n) is 11.4. The van der Waals surface area contributed by atoms with Gasteiger partial charge in [0.05, 0.1) is 5.92 Å². The van der Waals surface area contributed by atoms with Crippen LogP contribution in [0.4, 0.5) is 0 Å². The SMILES string of the molecule is Cc1c(OS(=O)(=O)O)cc2c(c1C)OC(C)(CCCCC(C)CCC(C)CCCC(C)C(=O)O)CC2. The largest absolute Gasteiger partial charge is 0.487 e. The van der Waals surface area contributed by atoms with Crippen molar-refractivity contribution in [2.75, 3.05) is 0 Å². The molecule has 0 aromatic heterocycles. The molecule has 8 heteroatoms. The van der Waals surface area contributed by atoms with Crippen LogP contribution < -0.4 is 8.92 Å². The molecule has 1 aliphatic rings. The monoisotopic (exact) mass is 526 g/mol. The quantitative estimate of drug-likeness (QED) is 0.186. The Labute approximate surface area is 217 Å². The first-order valence-electron chi connectivity index (χ1n) is 13.4. The molecular formula is C28H46O7S. The van der Waals surface area contributed by atoms with Crippen LogP contribution in [-0.2, 0) is 21.6 Å². The number of ether oxygens (including phenoxy) is 1.